The van der Waals surface area contributed by atoms with Crippen molar-refractivity contribution in [1.82, 2.24) is 9.62 Å². The summed E-state index contributed by atoms with van der Waals surface area (Å²) >= 11 is 0. The van der Waals surface area contributed by atoms with Gasteiger partial charge in [0.25, 0.3) is 21.8 Å². The topological polar surface area (TPSA) is 83.6 Å². The van der Waals surface area contributed by atoms with Crippen molar-refractivity contribution in [3.05, 3.63) is 112 Å². The maximum atomic E-state index is 13.3. The second-order valence-corrected chi connectivity index (χ2v) is 10.4. The second kappa shape index (κ2) is 9.46. The lowest BCUT2D eigenvalue weighted by atomic mass is 10.0. The molecule has 0 atom stereocenters. The Bertz CT molecular complexity index is 1440. The second-order valence-electron chi connectivity index (χ2n) is 8.58. The minimum Gasteiger partial charge on any atom is -0.348 e. The van der Waals surface area contributed by atoms with E-state index in [1.807, 2.05) is 19.9 Å². The van der Waals surface area contributed by atoms with Crippen molar-refractivity contribution in [2.45, 2.75) is 33.9 Å². The number of carbonyl (C=O) groups excluding carboxylic acids is 2. The normalized spacial score (nSPS) is 15.0. The summed E-state index contributed by atoms with van der Waals surface area (Å²) in [4.78, 5) is 25.3. The molecule has 1 aliphatic rings. The highest BCUT2D eigenvalue weighted by molar-refractivity contribution is 7.99. The van der Waals surface area contributed by atoms with Crippen molar-refractivity contribution >= 4 is 26.7 Å². The summed E-state index contributed by atoms with van der Waals surface area (Å²) in [5.41, 5.74) is 4.38. The van der Waals surface area contributed by atoms with Crippen molar-refractivity contribution in [3.63, 3.8) is 0 Å². The standard InChI is InChI=1S/C27H25FN2O4S/c1-17-4-9-23(14-18(17)2)25-19(3)27(32)30(35(25,33)34)16-21-5-10-22(11-6-21)26(31)29-15-20-7-12-24(28)13-8-20/h4-14H,15-16H2,1-3H3,(H,29,31). The van der Waals surface area contributed by atoms with Crippen LogP contribution < -0.4 is 5.32 Å². The van der Waals surface area contributed by atoms with Gasteiger partial charge in [0.15, 0.2) is 0 Å². The molecule has 6 nitrogen and oxygen atoms in total. The molecule has 1 heterocycles. The average molecular weight is 493 g/mol. The molecule has 0 aliphatic carbocycles. The quantitative estimate of drug-likeness (QED) is 0.550. The van der Waals surface area contributed by atoms with E-state index >= 15 is 0 Å². The van der Waals surface area contributed by atoms with Gasteiger partial charge < -0.3 is 5.32 Å². The van der Waals surface area contributed by atoms with E-state index in [9.17, 15) is 22.4 Å². The first kappa shape index (κ1) is 24.3. The Morgan fingerprint density at radius 1 is 0.886 bits per heavy atom. The first-order valence-electron chi connectivity index (χ1n) is 11.0. The summed E-state index contributed by atoms with van der Waals surface area (Å²) in [5.74, 6) is -1.22. The number of aryl methyl sites for hydroxylation is 2. The molecule has 0 aromatic heterocycles. The summed E-state index contributed by atoms with van der Waals surface area (Å²) in [6, 6.07) is 17.6. The molecule has 1 aliphatic heterocycles. The minimum atomic E-state index is -4.02. The van der Waals surface area contributed by atoms with Gasteiger partial charge in [-0.3, -0.25) is 9.59 Å². The van der Waals surface area contributed by atoms with Crippen LogP contribution in [0.5, 0.6) is 0 Å². The van der Waals surface area contributed by atoms with Gasteiger partial charge in [0, 0.05) is 17.7 Å². The molecule has 3 aromatic carbocycles. The van der Waals surface area contributed by atoms with E-state index in [0.717, 1.165) is 21.0 Å². The zero-order valence-corrected chi connectivity index (χ0v) is 20.4. The van der Waals surface area contributed by atoms with Gasteiger partial charge in [0.05, 0.1) is 6.54 Å². The van der Waals surface area contributed by atoms with Crippen molar-refractivity contribution in [2.75, 3.05) is 0 Å². The average Bonchev–Trinajstić information content (AvgIpc) is 3.00. The lowest BCUT2D eigenvalue weighted by Gasteiger charge is -2.17. The van der Waals surface area contributed by atoms with Crippen LogP contribution >= 0.6 is 0 Å². The predicted octanol–water partition coefficient (Wildman–Crippen LogP) is 4.48. The van der Waals surface area contributed by atoms with Gasteiger partial charge in [0.1, 0.15) is 10.7 Å². The molecule has 3 aromatic rings. The third-order valence-corrected chi connectivity index (χ3v) is 8.05. The molecule has 4 rings (SSSR count). The fourth-order valence-corrected chi connectivity index (χ4v) is 5.71. The molecule has 0 unspecified atom stereocenters. The molecule has 0 fully saturated rings. The third kappa shape index (κ3) is 4.88. The zero-order valence-electron chi connectivity index (χ0n) is 19.6. The Hall–Kier alpha value is -3.78. The van der Waals surface area contributed by atoms with E-state index in [1.165, 1.54) is 19.1 Å². The summed E-state index contributed by atoms with van der Waals surface area (Å²) in [5, 5.41) is 2.76. The van der Waals surface area contributed by atoms with Crippen LogP contribution in [0.25, 0.3) is 4.91 Å². The predicted molar refractivity (Wildman–Crippen MR) is 132 cm³/mol. The fraction of sp³-hybridized carbons (Fsp3) is 0.185. The lowest BCUT2D eigenvalue weighted by molar-refractivity contribution is -0.122. The van der Waals surface area contributed by atoms with Gasteiger partial charge >= 0.3 is 0 Å². The smallest absolute Gasteiger partial charge is 0.268 e. The molecule has 0 bridgehead atoms. The van der Waals surface area contributed by atoms with Gasteiger partial charge in [-0.05, 0) is 72.9 Å². The number of hydrogen-bond acceptors (Lipinski definition) is 4. The molecule has 35 heavy (non-hydrogen) atoms. The van der Waals surface area contributed by atoms with Crippen molar-refractivity contribution in [2.24, 2.45) is 0 Å². The van der Waals surface area contributed by atoms with E-state index in [4.69, 9.17) is 0 Å². The van der Waals surface area contributed by atoms with Gasteiger partial charge in [-0.2, -0.15) is 0 Å². The first-order valence-corrected chi connectivity index (χ1v) is 12.5. The fourth-order valence-electron chi connectivity index (χ4n) is 3.92. The number of benzene rings is 3. The van der Waals surface area contributed by atoms with Crippen molar-refractivity contribution in [1.29, 1.82) is 0 Å². The summed E-state index contributed by atoms with van der Waals surface area (Å²) < 4.78 is 40.5. The van der Waals surface area contributed by atoms with Crippen LogP contribution in [0.4, 0.5) is 4.39 Å². The Balaban J connectivity index is 1.47. The highest BCUT2D eigenvalue weighted by atomic mass is 32.2. The Kier molecular flexibility index (Phi) is 6.58. The van der Waals surface area contributed by atoms with Gasteiger partial charge in [0.2, 0.25) is 0 Å². The molecule has 0 radical (unpaired) electrons. The molecule has 0 spiro atoms. The van der Waals surface area contributed by atoms with E-state index in [2.05, 4.69) is 5.32 Å². The number of halogens is 1. The van der Waals surface area contributed by atoms with Gasteiger partial charge in [-0.25, -0.2) is 17.1 Å². The summed E-state index contributed by atoms with van der Waals surface area (Å²) in [7, 11) is -4.02. The molecule has 0 saturated heterocycles. The van der Waals surface area contributed by atoms with E-state index in [-0.39, 0.29) is 35.3 Å². The molecule has 8 heteroatoms. The number of sulfonamides is 1. The lowest BCUT2D eigenvalue weighted by Crippen LogP contribution is -2.31. The number of hydrogen-bond donors (Lipinski definition) is 1. The number of nitrogens with zero attached hydrogens (tertiary/aromatic N) is 1. The Labute approximate surface area is 204 Å². The first-order chi connectivity index (χ1) is 16.6. The van der Waals surface area contributed by atoms with Crippen LogP contribution in [0.2, 0.25) is 0 Å². The maximum absolute atomic E-state index is 13.3. The monoisotopic (exact) mass is 492 g/mol. The largest absolute Gasteiger partial charge is 0.348 e. The van der Waals surface area contributed by atoms with Crippen LogP contribution in [-0.2, 0) is 27.9 Å². The SMILES string of the molecule is CC1=C(c2ccc(C)c(C)c2)S(=O)(=O)N(Cc2ccc(C(=O)NCc3ccc(F)cc3)cc2)C1=O. The molecular weight excluding hydrogens is 467 g/mol. The van der Waals surface area contributed by atoms with E-state index in [1.54, 1.807) is 48.5 Å². The molecule has 2 amide bonds. The van der Waals surface area contributed by atoms with E-state index in [0.29, 0.717) is 16.7 Å². The van der Waals surface area contributed by atoms with Crippen LogP contribution in [0, 0.1) is 19.7 Å². The molecule has 0 saturated carbocycles. The number of nitrogens with one attached hydrogen (secondary N) is 1. The van der Waals surface area contributed by atoms with E-state index < -0.39 is 15.9 Å². The molecule has 180 valence electrons. The van der Waals surface area contributed by atoms with Gasteiger partial charge in [-0.1, -0.05) is 42.5 Å². The summed E-state index contributed by atoms with van der Waals surface area (Å²) in [6.45, 7) is 5.47. The minimum absolute atomic E-state index is 0.0300. The highest BCUT2D eigenvalue weighted by Gasteiger charge is 2.42. The maximum Gasteiger partial charge on any atom is 0.268 e. The number of amides is 2. The molecular formula is C27H25FN2O4S. The molecule has 1 N–H and O–H groups in total. The number of rotatable bonds is 6. The third-order valence-electron chi connectivity index (χ3n) is 6.11. The highest BCUT2D eigenvalue weighted by Crippen LogP contribution is 2.37. The zero-order chi connectivity index (χ0) is 25.3. The van der Waals surface area contributed by atoms with Crippen LogP contribution in [0.1, 0.15) is 45.1 Å². The van der Waals surface area contributed by atoms with Crippen LogP contribution in [-0.4, -0.2) is 24.5 Å². The summed E-state index contributed by atoms with van der Waals surface area (Å²) in [6.07, 6.45) is 0. The Morgan fingerprint density at radius 2 is 1.51 bits per heavy atom. The van der Waals surface area contributed by atoms with Crippen LogP contribution in [0.15, 0.2) is 72.3 Å². The Morgan fingerprint density at radius 3 is 2.14 bits per heavy atom. The van der Waals surface area contributed by atoms with Crippen molar-refractivity contribution in [3.8, 4) is 0 Å². The van der Waals surface area contributed by atoms with Crippen LogP contribution in [0.3, 0.4) is 0 Å². The van der Waals surface area contributed by atoms with Crippen molar-refractivity contribution < 1.29 is 22.4 Å². The van der Waals surface area contributed by atoms with Gasteiger partial charge in [-0.15, -0.1) is 0 Å². The number of carbonyl (C=O) groups is 2.